The van der Waals surface area contributed by atoms with Gasteiger partial charge in [0.25, 0.3) is 0 Å². The van der Waals surface area contributed by atoms with E-state index >= 15 is 0 Å². The van der Waals surface area contributed by atoms with E-state index in [-0.39, 0.29) is 11.5 Å². The Bertz CT molecular complexity index is 498. The molecule has 1 aromatic rings. The van der Waals surface area contributed by atoms with E-state index in [1.807, 2.05) is 0 Å². The van der Waals surface area contributed by atoms with Crippen LogP contribution in [0.25, 0.3) is 0 Å². The number of para-hydroxylation sites is 1. The van der Waals surface area contributed by atoms with Crippen molar-refractivity contribution < 1.29 is 13.5 Å². The van der Waals surface area contributed by atoms with Gasteiger partial charge in [0.1, 0.15) is 4.90 Å². The minimum atomic E-state index is -3.52. The highest BCUT2D eigenvalue weighted by molar-refractivity contribution is 7.89. The van der Waals surface area contributed by atoms with Gasteiger partial charge in [-0.1, -0.05) is 19.1 Å². The molecule has 0 aromatic heterocycles. The van der Waals surface area contributed by atoms with Crippen LogP contribution in [0.2, 0.25) is 0 Å². The van der Waals surface area contributed by atoms with Gasteiger partial charge in [-0.2, -0.15) is 0 Å². The maximum absolute atomic E-state index is 12.0. The first-order valence-electron chi connectivity index (χ1n) is 5.80. The highest BCUT2D eigenvalue weighted by Gasteiger charge is 2.22. The summed E-state index contributed by atoms with van der Waals surface area (Å²) in [6, 6.07) is 6.64. The van der Waals surface area contributed by atoms with Gasteiger partial charge in [-0.15, -0.1) is 0 Å². The van der Waals surface area contributed by atoms with Gasteiger partial charge in [-0.3, -0.25) is 0 Å². The second-order valence-electron chi connectivity index (χ2n) is 4.66. The molecule has 3 N–H and O–H groups in total. The minimum absolute atomic E-state index is 0.0947. The first kappa shape index (κ1) is 14.9. The van der Waals surface area contributed by atoms with E-state index in [0.717, 1.165) is 0 Å². The maximum Gasteiger partial charge on any atom is 0.242 e. The fourth-order valence-corrected chi connectivity index (χ4v) is 2.68. The van der Waals surface area contributed by atoms with Gasteiger partial charge in [-0.05, 0) is 26.0 Å². The smallest absolute Gasteiger partial charge is 0.242 e. The fraction of sp³-hybridized carbons (Fsp3) is 0.500. The van der Waals surface area contributed by atoms with Crippen LogP contribution >= 0.6 is 0 Å². The summed E-state index contributed by atoms with van der Waals surface area (Å²) in [5, 5.41) is 12.3. The van der Waals surface area contributed by atoms with Crippen molar-refractivity contribution in [1.82, 2.24) is 4.72 Å². The molecule has 0 radical (unpaired) electrons. The lowest BCUT2D eigenvalue weighted by Gasteiger charge is -2.26. The molecule has 0 saturated carbocycles. The molecule has 0 aliphatic heterocycles. The third-order valence-electron chi connectivity index (χ3n) is 2.38. The molecule has 0 aliphatic rings. The number of anilines is 1. The van der Waals surface area contributed by atoms with Crippen LogP contribution < -0.4 is 10.0 Å². The molecule has 6 heteroatoms. The van der Waals surface area contributed by atoms with Crippen molar-refractivity contribution in [2.75, 3.05) is 18.5 Å². The fourth-order valence-electron chi connectivity index (χ4n) is 1.48. The van der Waals surface area contributed by atoms with Crippen LogP contribution in [0.3, 0.4) is 0 Å². The molecule has 0 unspecified atom stereocenters. The lowest BCUT2D eigenvalue weighted by atomic mass is 10.1. The third-order valence-corrected chi connectivity index (χ3v) is 3.98. The average molecular weight is 272 g/mol. The molecule has 0 heterocycles. The number of aliphatic hydroxyl groups excluding tert-OH is 1. The standard InChI is InChI=1S/C12H20N2O3S/c1-4-13-18(16,17)11-8-6-5-7-10(11)14-12(2,3)9-15/h5-8,13-15H,4,9H2,1-3H3. The van der Waals surface area contributed by atoms with Crippen molar-refractivity contribution in [3.63, 3.8) is 0 Å². The molecule has 0 saturated heterocycles. The van der Waals surface area contributed by atoms with Crippen molar-refractivity contribution in [3.8, 4) is 0 Å². The molecule has 0 bridgehead atoms. The lowest BCUT2D eigenvalue weighted by molar-refractivity contribution is 0.234. The Morgan fingerprint density at radius 3 is 2.44 bits per heavy atom. The van der Waals surface area contributed by atoms with Crippen LogP contribution in [0, 0.1) is 0 Å². The van der Waals surface area contributed by atoms with Crippen LogP contribution in [0.15, 0.2) is 29.2 Å². The number of rotatable bonds is 6. The second-order valence-corrected chi connectivity index (χ2v) is 6.40. The summed E-state index contributed by atoms with van der Waals surface area (Å²) in [6.45, 7) is 5.56. The van der Waals surface area contributed by atoms with E-state index in [2.05, 4.69) is 10.0 Å². The molecule has 0 amide bonds. The molecule has 102 valence electrons. The van der Waals surface area contributed by atoms with E-state index < -0.39 is 15.6 Å². The van der Waals surface area contributed by atoms with E-state index in [1.54, 1.807) is 39.0 Å². The van der Waals surface area contributed by atoms with Gasteiger partial charge in [0, 0.05) is 6.54 Å². The zero-order valence-electron chi connectivity index (χ0n) is 10.9. The van der Waals surface area contributed by atoms with Crippen LogP contribution in [0.1, 0.15) is 20.8 Å². The molecular formula is C12H20N2O3S. The van der Waals surface area contributed by atoms with Crippen molar-refractivity contribution in [1.29, 1.82) is 0 Å². The van der Waals surface area contributed by atoms with E-state index in [0.29, 0.717) is 12.2 Å². The Kier molecular flexibility index (Phi) is 4.72. The second kappa shape index (κ2) is 5.69. The minimum Gasteiger partial charge on any atom is -0.394 e. The number of aliphatic hydroxyl groups is 1. The molecule has 0 aliphatic carbocycles. The Hall–Kier alpha value is -1.11. The molecule has 5 nitrogen and oxygen atoms in total. The highest BCUT2D eigenvalue weighted by atomic mass is 32.2. The maximum atomic E-state index is 12.0. The van der Waals surface area contributed by atoms with Crippen LogP contribution in [-0.4, -0.2) is 32.2 Å². The summed E-state index contributed by atoms with van der Waals surface area (Å²) in [7, 11) is -3.52. The van der Waals surface area contributed by atoms with Crippen molar-refractivity contribution in [3.05, 3.63) is 24.3 Å². The lowest BCUT2D eigenvalue weighted by Crippen LogP contribution is -2.36. The van der Waals surface area contributed by atoms with Crippen molar-refractivity contribution in [2.24, 2.45) is 0 Å². The zero-order chi connectivity index (χ0) is 13.8. The quantitative estimate of drug-likeness (QED) is 0.726. The summed E-state index contributed by atoms with van der Waals surface area (Å²) in [6.07, 6.45) is 0. The van der Waals surface area contributed by atoms with Gasteiger partial charge in [0.15, 0.2) is 0 Å². The molecular weight excluding hydrogens is 252 g/mol. The first-order chi connectivity index (χ1) is 8.32. The highest BCUT2D eigenvalue weighted by Crippen LogP contribution is 2.23. The molecule has 1 aromatic carbocycles. The average Bonchev–Trinajstić information content (AvgIpc) is 2.29. The molecule has 1 rings (SSSR count). The summed E-state index contributed by atoms with van der Waals surface area (Å²) in [5.74, 6) is 0. The SMILES string of the molecule is CCNS(=O)(=O)c1ccccc1NC(C)(C)CO. The number of benzene rings is 1. The Morgan fingerprint density at radius 2 is 1.89 bits per heavy atom. The summed E-state index contributed by atoms with van der Waals surface area (Å²) in [5.41, 5.74) is -0.102. The Labute approximate surface area is 108 Å². The predicted molar refractivity (Wildman–Crippen MR) is 72.1 cm³/mol. The van der Waals surface area contributed by atoms with Gasteiger partial charge in [-0.25, -0.2) is 13.1 Å². The van der Waals surface area contributed by atoms with Gasteiger partial charge < -0.3 is 10.4 Å². The third kappa shape index (κ3) is 3.69. The first-order valence-corrected chi connectivity index (χ1v) is 7.28. The Morgan fingerprint density at radius 1 is 1.28 bits per heavy atom. The zero-order valence-corrected chi connectivity index (χ0v) is 11.7. The van der Waals surface area contributed by atoms with Crippen LogP contribution in [0.4, 0.5) is 5.69 Å². The topological polar surface area (TPSA) is 78.4 Å². The summed E-state index contributed by atoms with van der Waals surface area (Å²) >= 11 is 0. The monoisotopic (exact) mass is 272 g/mol. The van der Waals surface area contributed by atoms with Gasteiger partial charge in [0.2, 0.25) is 10.0 Å². The van der Waals surface area contributed by atoms with E-state index in [4.69, 9.17) is 0 Å². The molecule has 0 spiro atoms. The number of hydrogen-bond donors (Lipinski definition) is 3. The van der Waals surface area contributed by atoms with Crippen molar-refractivity contribution >= 4 is 15.7 Å². The Balaban J connectivity index is 3.15. The largest absolute Gasteiger partial charge is 0.394 e. The van der Waals surface area contributed by atoms with Crippen LogP contribution in [-0.2, 0) is 10.0 Å². The molecule has 0 atom stereocenters. The van der Waals surface area contributed by atoms with Crippen LogP contribution in [0.5, 0.6) is 0 Å². The van der Waals surface area contributed by atoms with Gasteiger partial charge >= 0.3 is 0 Å². The molecule has 0 fully saturated rings. The van der Waals surface area contributed by atoms with Crippen molar-refractivity contribution in [2.45, 2.75) is 31.2 Å². The van der Waals surface area contributed by atoms with E-state index in [9.17, 15) is 13.5 Å². The number of nitrogens with one attached hydrogen (secondary N) is 2. The van der Waals surface area contributed by atoms with E-state index in [1.165, 1.54) is 6.07 Å². The normalized spacial score (nSPS) is 12.4. The van der Waals surface area contributed by atoms with Gasteiger partial charge in [0.05, 0.1) is 17.8 Å². The number of sulfonamides is 1. The number of hydrogen-bond acceptors (Lipinski definition) is 4. The summed E-state index contributed by atoms with van der Waals surface area (Å²) < 4.78 is 26.5. The predicted octanol–water partition coefficient (Wildman–Crippen LogP) is 1.17. The summed E-state index contributed by atoms with van der Waals surface area (Å²) in [4.78, 5) is 0.188. The molecule has 18 heavy (non-hydrogen) atoms.